The molecule has 1 aliphatic rings. The molecule has 0 spiro atoms. The molecule has 0 radical (unpaired) electrons. The molecule has 1 aliphatic carbocycles. The Hall–Kier alpha value is 0.503. The maximum absolute atomic E-state index is 7.00. The molecule has 0 saturated heterocycles. The molecule has 0 aromatic heterocycles. The van der Waals surface area contributed by atoms with Crippen LogP contribution in [-0.4, -0.2) is 24.4 Å². The Labute approximate surface area is 184 Å². The van der Waals surface area contributed by atoms with Crippen LogP contribution in [0.4, 0.5) is 0 Å². The topological polar surface area (TPSA) is 40.5 Å². The Morgan fingerprint density at radius 1 is 1.04 bits per heavy atom. The first-order chi connectivity index (χ1) is 11.4. The predicted molar refractivity (Wildman–Crippen MR) is 117 cm³/mol. The van der Waals surface area contributed by atoms with Gasteiger partial charge in [0.25, 0.3) is 0 Å². The number of thiol groups is 1. The summed E-state index contributed by atoms with van der Waals surface area (Å²) < 4.78 is 0. The van der Waals surface area contributed by atoms with Gasteiger partial charge in [0.15, 0.2) is 0 Å². The van der Waals surface area contributed by atoms with Crippen LogP contribution in [0.3, 0.4) is 0 Å². The second-order valence-corrected chi connectivity index (χ2v) is 9.76. The average Bonchev–Trinajstić information content (AvgIpc) is 2.82. The molecule has 2 rings (SSSR count). The number of hydrogen-bond donors (Lipinski definition) is 3. The van der Waals surface area contributed by atoms with Gasteiger partial charge in [-0.15, -0.1) is 12.2 Å². The third-order valence-electron chi connectivity index (χ3n) is 4.10. The Morgan fingerprint density at radius 2 is 1.48 bits per heavy atom. The van der Waals surface area contributed by atoms with E-state index in [2.05, 4.69) is 46.9 Å². The molecule has 25 heavy (non-hydrogen) atoms. The van der Waals surface area contributed by atoms with Gasteiger partial charge < -0.3 is 17.1 Å². The molecular weight excluding hydrogens is 447 g/mol. The Bertz CT molecular complexity index is 558. The largest absolute Gasteiger partial charge is 0.400 e. The van der Waals surface area contributed by atoms with Crippen LogP contribution >= 0.6 is 18.1 Å². The molecular formula is C19H32O2PS2Zr-. The van der Waals surface area contributed by atoms with Crippen LogP contribution in [0, 0.1) is 12.8 Å². The number of benzene rings is 1. The minimum Gasteiger partial charge on any atom is -0.400 e. The summed E-state index contributed by atoms with van der Waals surface area (Å²) in [6.45, 7) is 12.9. The molecule has 0 saturated carbocycles. The first-order valence-corrected chi connectivity index (χ1v) is 11.7. The summed E-state index contributed by atoms with van der Waals surface area (Å²) in [7, 11) is 2.00. The number of rotatable bonds is 2. The van der Waals surface area contributed by atoms with Crippen LogP contribution in [-0.2, 0) is 38.0 Å². The molecule has 0 heterocycles. The molecule has 0 aliphatic heterocycles. The monoisotopic (exact) mass is 477 g/mol. The maximum Gasteiger partial charge on any atom is 0.0319 e. The fraction of sp³-hybridized carbons (Fsp3) is 0.421. The van der Waals surface area contributed by atoms with Crippen molar-refractivity contribution in [3.05, 3.63) is 59.5 Å². The molecule has 0 fully saturated rings. The number of allylic oxidation sites excluding steroid dienone is 4. The van der Waals surface area contributed by atoms with Gasteiger partial charge >= 0.3 is 0 Å². The van der Waals surface area contributed by atoms with E-state index in [1.807, 2.05) is 30.3 Å². The van der Waals surface area contributed by atoms with Crippen molar-refractivity contribution >= 4 is 35.3 Å². The second-order valence-electron chi connectivity index (χ2n) is 5.10. The van der Waals surface area contributed by atoms with E-state index >= 15 is 0 Å². The van der Waals surface area contributed by atoms with E-state index in [0.717, 1.165) is 20.6 Å². The Kier molecular flexibility index (Phi) is 21.6. The summed E-state index contributed by atoms with van der Waals surface area (Å²) in [6, 6.07) is 10.0. The van der Waals surface area contributed by atoms with Gasteiger partial charge in [-0.1, -0.05) is 65.8 Å². The van der Waals surface area contributed by atoms with E-state index in [4.69, 9.17) is 22.0 Å². The van der Waals surface area contributed by atoms with Crippen molar-refractivity contribution in [1.29, 1.82) is 0 Å². The van der Waals surface area contributed by atoms with E-state index in [0.29, 0.717) is 5.92 Å². The van der Waals surface area contributed by atoms with E-state index in [9.17, 15) is 0 Å². The smallest absolute Gasteiger partial charge is 0.0319 e. The first-order valence-electron chi connectivity index (χ1n) is 7.74. The standard InChI is InChI=1S/C11H17.C6H7PS2.2CH4O.Zr/c1-6-11-9(4)7(2)8(3)10(11)5;8-7(9)6-4-2-1-3-5-6;2*1-2;/h9H,1,6H2,2-5H3;1-5,7H,(H,8,9);2*2H,1H3;/q-1;;;;. The normalized spacial score (nSPS) is 16.3. The minimum absolute atomic E-state index is 0. The van der Waals surface area contributed by atoms with Crippen LogP contribution in [0.2, 0.25) is 0 Å². The van der Waals surface area contributed by atoms with Crippen molar-refractivity contribution in [1.82, 2.24) is 0 Å². The Morgan fingerprint density at radius 3 is 1.68 bits per heavy atom. The van der Waals surface area contributed by atoms with Crippen molar-refractivity contribution in [2.45, 2.75) is 34.1 Å². The van der Waals surface area contributed by atoms with Crippen molar-refractivity contribution in [2.75, 3.05) is 14.2 Å². The van der Waals surface area contributed by atoms with Gasteiger partial charge in [-0.2, -0.15) is 6.42 Å². The van der Waals surface area contributed by atoms with Crippen LogP contribution in [0.5, 0.6) is 0 Å². The predicted octanol–water partition coefficient (Wildman–Crippen LogP) is 4.56. The van der Waals surface area contributed by atoms with E-state index in [1.54, 1.807) is 0 Å². The van der Waals surface area contributed by atoms with E-state index < -0.39 is 5.90 Å². The van der Waals surface area contributed by atoms with Gasteiger partial charge in [-0.05, 0) is 37.6 Å². The van der Waals surface area contributed by atoms with Crippen molar-refractivity contribution < 1.29 is 36.4 Å². The number of hydrogen-bond acceptors (Lipinski definition) is 3. The number of aliphatic hydroxyl groups excluding tert-OH is 2. The summed E-state index contributed by atoms with van der Waals surface area (Å²) in [5.74, 6) is -0.289. The summed E-state index contributed by atoms with van der Waals surface area (Å²) in [4.78, 5) is 0. The van der Waals surface area contributed by atoms with Crippen LogP contribution < -0.4 is 5.30 Å². The molecule has 2 unspecified atom stereocenters. The molecule has 0 bridgehead atoms. The summed E-state index contributed by atoms with van der Waals surface area (Å²) >= 11 is 9.22. The molecule has 142 valence electrons. The minimum atomic E-state index is -0.934. The molecule has 1 aromatic rings. The molecule has 6 heteroatoms. The molecule has 2 nitrogen and oxygen atoms in total. The molecule has 1 aromatic carbocycles. The quantitative estimate of drug-likeness (QED) is 0.332. The van der Waals surface area contributed by atoms with Crippen molar-refractivity contribution in [2.24, 2.45) is 5.92 Å². The molecule has 2 atom stereocenters. The van der Waals surface area contributed by atoms with Gasteiger partial charge in [0.05, 0.1) is 0 Å². The molecule has 0 amide bonds. The zero-order chi connectivity index (χ0) is 19.3. The van der Waals surface area contributed by atoms with Crippen molar-refractivity contribution in [3.63, 3.8) is 0 Å². The third kappa shape index (κ3) is 10.4. The van der Waals surface area contributed by atoms with E-state index in [1.165, 1.54) is 27.6 Å². The van der Waals surface area contributed by atoms with Gasteiger partial charge in [0.2, 0.25) is 0 Å². The zero-order valence-corrected chi connectivity index (χ0v) is 21.3. The summed E-state index contributed by atoms with van der Waals surface area (Å²) in [5.41, 5.74) is 6.02. The van der Waals surface area contributed by atoms with Gasteiger partial charge in [0.1, 0.15) is 0 Å². The Balaban J connectivity index is -0.000000316. The fourth-order valence-corrected chi connectivity index (χ4v) is 3.77. The summed E-state index contributed by atoms with van der Waals surface area (Å²) in [5, 5.41) is 15.2. The van der Waals surface area contributed by atoms with Gasteiger partial charge in [0, 0.05) is 46.3 Å². The van der Waals surface area contributed by atoms with Crippen LogP contribution in [0.15, 0.2) is 52.6 Å². The first kappa shape index (κ1) is 30.2. The number of aliphatic hydroxyl groups is 2. The zero-order valence-electron chi connectivity index (χ0n) is 16.1. The second kappa shape index (κ2) is 17.9. The van der Waals surface area contributed by atoms with Gasteiger partial charge in [-0.25, -0.2) is 0 Å². The van der Waals surface area contributed by atoms with Crippen LogP contribution in [0.1, 0.15) is 34.1 Å². The van der Waals surface area contributed by atoms with Crippen molar-refractivity contribution in [3.8, 4) is 0 Å². The fourth-order valence-electron chi connectivity index (χ4n) is 2.43. The van der Waals surface area contributed by atoms with E-state index in [-0.39, 0.29) is 26.2 Å². The summed E-state index contributed by atoms with van der Waals surface area (Å²) in [6.07, 6.45) is 0.960. The SMILES string of the molecule is CO.CO.S=[PH](S)c1ccccc1.[CH2-]CC1=C(C)C(C)=C(C)C1C.[Zr]. The maximum atomic E-state index is 7.00. The average molecular weight is 479 g/mol. The van der Waals surface area contributed by atoms with Gasteiger partial charge in [-0.3, -0.25) is 0 Å². The third-order valence-corrected chi connectivity index (χ3v) is 6.41. The molecule has 2 N–H and O–H groups in total. The van der Waals surface area contributed by atoms with Crippen LogP contribution in [0.25, 0.3) is 0 Å².